The summed E-state index contributed by atoms with van der Waals surface area (Å²) in [6.07, 6.45) is 1.94. The number of para-hydroxylation sites is 1. The van der Waals surface area contributed by atoms with Gasteiger partial charge in [-0.2, -0.15) is 0 Å². The Labute approximate surface area is 153 Å². The van der Waals surface area contributed by atoms with Crippen LogP contribution in [0.2, 0.25) is 0 Å². The van der Waals surface area contributed by atoms with Crippen molar-refractivity contribution in [1.29, 1.82) is 0 Å². The quantitative estimate of drug-likeness (QED) is 0.715. The van der Waals surface area contributed by atoms with Crippen molar-refractivity contribution in [1.82, 2.24) is 15.5 Å². The number of benzene rings is 1. The minimum absolute atomic E-state index is 0.0124. The molecule has 140 valence electrons. The van der Waals surface area contributed by atoms with E-state index in [2.05, 4.69) is 17.6 Å². The van der Waals surface area contributed by atoms with Gasteiger partial charge in [0, 0.05) is 19.5 Å². The monoisotopic (exact) mass is 358 g/mol. The third-order valence-corrected chi connectivity index (χ3v) is 5.10. The van der Waals surface area contributed by atoms with Crippen molar-refractivity contribution in [3.8, 4) is 0 Å². The molecular formula is C19H26N4O3. The standard InChI is InChI=1S/C19H26N4O3/c1-3-10-20-11-12-21-16(24)13-22-18(26)14-6-4-5-7-15(14)23-17(25)8-9-19(22,23)2/h4-7,20H,3,8-13H2,1-2H3,(H,21,24). The summed E-state index contributed by atoms with van der Waals surface area (Å²) in [6, 6.07) is 7.11. The Morgan fingerprint density at radius 3 is 2.73 bits per heavy atom. The van der Waals surface area contributed by atoms with Crippen molar-refractivity contribution >= 4 is 23.4 Å². The van der Waals surface area contributed by atoms with Gasteiger partial charge in [-0.15, -0.1) is 0 Å². The van der Waals surface area contributed by atoms with E-state index in [0.717, 1.165) is 13.0 Å². The second-order valence-corrected chi connectivity index (χ2v) is 6.95. The van der Waals surface area contributed by atoms with E-state index in [4.69, 9.17) is 0 Å². The highest BCUT2D eigenvalue weighted by atomic mass is 16.2. The predicted molar refractivity (Wildman–Crippen MR) is 98.8 cm³/mol. The summed E-state index contributed by atoms with van der Waals surface area (Å²) < 4.78 is 0. The Kier molecular flexibility index (Phi) is 5.27. The van der Waals surface area contributed by atoms with Crippen LogP contribution in [-0.4, -0.2) is 54.5 Å². The summed E-state index contributed by atoms with van der Waals surface area (Å²) >= 11 is 0. The molecule has 1 atom stereocenters. The van der Waals surface area contributed by atoms with Crippen molar-refractivity contribution in [2.45, 2.75) is 38.8 Å². The van der Waals surface area contributed by atoms with Crippen LogP contribution in [0.5, 0.6) is 0 Å². The molecule has 1 unspecified atom stereocenters. The smallest absolute Gasteiger partial charge is 0.258 e. The number of anilines is 1. The van der Waals surface area contributed by atoms with E-state index in [1.807, 2.05) is 13.0 Å². The topological polar surface area (TPSA) is 81.8 Å². The molecule has 0 radical (unpaired) electrons. The molecule has 26 heavy (non-hydrogen) atoms. The van der Waals surface area contributed by atoms with E-state index >= 15 is 0 Å². The molecule has 1 fully saturated rings. The number of carbonyl (C=O) groups excluding carboxylic acids is 3. The zero-order valence-corrected chi connectivity index (χ0v) is 15.4. The molecule has 0 aliphatic carbocycles. The largest absolute Gasteiger partial charge is 0.353 e. The second-order valence-electron chi connectivity index (χ2n) is 6.95. The van der Waals surface area contributed by atoms with Gasteiger partial charge in [0.2, 0.25) is 11.8 Å². The molecule has 1 saturated heterocycles. The molecule has 1 aromatic rings. The summed E-state index contributed by atoms with van der Waals surface area (Å²) in [5.41, 5.74) is 0.320. The number of nitrogens with one attached hydrogen (secondary N) is 2. The van der Waals surface area contributed by atoms with E-state index in [-0.39, 0.29) is 24.3 Å². The lowest BCUT2D eigenvalue weighted by Gasteiger charge is -2.48. The molecule has 2 N–H and O–H groups in total. The molecule has 3 rings (SSSR count). The maximum absolute atomic E-state index is 13.0. The minimum Gasteiger partial charge on any atom is -0.353 e. The lowest BCUT2D eigenvalue weighted by atomic mass is 9.98. The van der Waals surface area contributed by atoms with Gasteiger partial charge >= 0.3 is 0 Å². The first-order chi connectivity index (χ1) is 12.5. The molecule has 0 bridgehead atoms. The first-order valence-corrected chi connectivity index (χ1v) is 9.20. The van der Waals surface area contributed by atoms with Gasteiger partial charge in [0.25, 0.3) is 5.91 Å². The van der Waals surface area contributed by atoms with Gasteiger partial charge in [-0.1, -0.05) is 19.1 Å². The van der Waals surface area contributed by atoms with Crippen LogP contribution in [0.25, 0.3) is 0 Å². The number of amides is 3. The van der Waals surface area contributed by atoms with Crippen LogP contribution in [0.3, 0.4) is 0 Å². The Balaban J connectivity index is 1.76. The van der Waals surface area contributed by atoms with Crippen LogP contribution >= 0.6 is 0 Å². The van der Waals surface area contributed by atoms with E-state index in [1.165, 1.54) is 4.90 Å². The number of rotatable bonds is 7. The third-order valence-electron chi connectivity index (χ3n) is 5.10. The number of hydrogen-bond acceptors (Lipinski definition) is 4. The molecule has 1 aromatic carbocycles. The third kappa shape index (κ3) is 3.19. The average molecular weight is 358 g/mol. The number of nitrogens with zero attached hydrogens (tertiary/aromatic N) is 2. The Hall–Kier alpha value is -2.41. The fourth-order valence-electron chi connectivity index (χ4n) is 3.73. The zero-order valence-electron chi connectivity index (χ0n) is 15.4. The molecule has 3 amide bonds. The van der Waals surface area contributed by atoms with Crippen molar-refractivity contribution in [3.63, 3.8) is 0 Å². The SMILES string of the molecule is CCCNCCNC(=O)CN1C(=O)c2ccccc2N2C(=O)CCC12C. The Bertz CT molecular complexity index is 720. The van der Waals surface area contributed by atoms with E-state index in [0.29, 0.717) is 37.2 Å². The van der Waals surface area contributed by atoms with Gasteiger partial charge in [0.1, 0.15) is 12.2 Å². The Morgan fingerprint density at radius 1 is 1.19 bits per heavy atom. The Morgan fingerprint density at radius 2 is 1.96 bits per heavy atom. The van der Waals surface area contributed by atoms with Crippen LogP contribution in [-0.2, 0) is 9.59 Å². The average Bonchev–Trinajstić information content (AvgIpc) is 2.94. The first kappa shape index (κ1) is 18.4. The fourth-order valence-corrected chi connectivity index (χ4v) is 3.73. The van der Waals surface area contributed by atoms with Gasteiger partial charge in [0.15, 0.2) is 0 Å². The van der Waals surface area contributed by atoms with Gasteiger partial charge in [-0.05, 0) is 38.4 Å². The summed E-state index contributed by atoms with van der Waals surface area (Å²) in [5.74, 6) is -0.425. The van der Waals surface area contributed by atoms with Gasteiger partial charge in [0.05, 0.1) is 11.3 Å². The summed E-state index contributed by atoms with van der Waals surface area (Å²) in [6.45, 7) is 6.01. The van der Waals surface area contributed by atoms with Gasteiger partial charge < -0.3 is 15.5 Å². The normalized spacial score (nSPS) is 21.6. The zero-order chi connectivity index (χ0) is 18.7. The van der Waals surface area contributed by atoms with Crippen LogP contribution in [0.15, 0.2) is 24.3 Å². The van der Waals surface area contributed by atoms with Crippen LogP contribution in [0.4, 0.5) is 5.69 Å². The number of carbonyl (C=O) groups is 3. The van der Waals surface area contributed by atoms with Crippen molar-refractivity contribution in [2.75, 3.05) is 31.1 Å². The lowest BCUT2D eigenvalue weighted by molar-refractivity contribution is -0.123. The van der Waals surface area contributed by atoms with Crippen LogP contribution < -0.4 is 15.5 Å². The molecule has 2 aliphatic rings. The molecular weight excluding hydrogens is 332 g/mol. The van der Waals surface area contributed by atoms with Crippen LogP contribution in [0.1, 0.15) is 43.5 Å². The molecule has 7 heteroatoms. The highest BCUT2D eigenvalue weighted by molar-refractivity contribution is 6.11. The maximum atomic E-state index is 13.0. The minimum atomic E-state index is -0.791. The van der Waals surface area contributed by atoms with E-state index in [9.17, 15) is 14.4 Å². The molecule has 0 spiro atoms. The fraction of sp³-hybridized carbons (Fsp3) is 0.526. The van der Waals surface area contributed by atoms with Gasteiger partial charge in [-0.3, -0.25) is 19.3 Å². The maximum Gasteiger partial charge on any atom is 0.258 e. The van der Waals surface area contributed by atoms with E-state index in [1.54, 1.807) is 23.1 Å². The second kappa shape index (κ2) is 7.45. The van der Waals surface area contributed by atoms with Crippen molar-refractivity contribution < 1.29 is 14.4 Å². The van der Waals surface area contributed by atoms with Crippen molar-refractivity contribution in [2.24, 2.45) is 0 Å². The predicted octanol–water partition coefficient (Wildman–Crippen LogP) is 1.10. The highest BCUT2D eigenvalue weighted by Gasteiger charge is 2.53. The molecule has 0 aromatic heterocycles. The molecule has 7 nitrogen and oxygen atoms in total. The molecule has 2 aliphatic heterocycles. The lowest BCUT2D eigenvalue weighted by Crippen LogP contribution is -2.64. The number of hydrogen-bond donors (Lipinski definition) is 2. The molecule has 2 heterocycles. The summed E-state index contributed by atoms with van der Waals surface area (Å²) in [4.78, 5) is 41.1. The first-order valence-electron chi connectivity index (χ1n) is 9.20. The van der Waals surface area contributed by atoms with Gasteiger partial charge in [-0.25, -0.2) is 0 Å². The number of fused-ring (bicyclic) bond motifs is 3. The highest BCUT2D eigenvalue weighted by Crippen LogP contribution is 2.43. The molecule has 0 saturated carbocycles. The van der Waals surface area contributed by atoms with Crippen molar-refractivity contribution in [3.05, 3.63) is 29.8 Å². The summed E-state index contributed by atoms with van der Waals surface area (Å²) in [5, 5.41) is 6.06. The van der Waals surface area contributed by atoms with Crippen LogP contribution in [0, 0.1) is 0 Å². The van der Waals surface area contributed by atoms with E-state index < -0.39 is 5.66 Å². The summed E-state index contributed by atoms with van der Waals surface area (Å²) in [7, 11) is 0.